The third-order valence-corrected chi connectivity index (χ3v) is 4.29. The van der Waals surface area contributed by atoms with Crippen molar-refractivity contribution in [3.05, 3.63) is 78.9 Å². The van der Waals surface area contributed by atoms with E-state index in [2.05, 4.69) is 60.7 Å². The van der Waals surface area contributed by atoms with Crippen molar-refractivity contribution in [1.82, 2.24) is 0 Å². The molecule has 0 radical (unpaired) electrons. The molecule has 0 amide bonds. The Morgan fingerprint density at radius 2 is 1.03 bits per heavy atom. The maximum Gasteiger partial charge on any atom is 0.522 e. The van der Waals surface area contributed by atoms with Crippen LogP contribution in [0.15, 0.2) is 78.9 Å². The van der Waals surface area contributed by atoms with Crippen LogP contribution in [0.2, 0.25) is 0 Å². The highest BCUT2D eigenvalue weighted by Crippen LogP contribution is 2.26. The number of hydrogen-bond acceptors (Lipinski definition) is 3. The average Bonchev–Trinajstić information content (AvgIpc) is 2.68. The van der Waals surface area contributed by atoms with Crippen LogP contribution in [0.5, 0.6) is 5.75 Å². The number of methoxy groups -OCH3 is 1. The highest BCUT2D eigenvalue weighted by Gasteiger charge is 2.44. The van der Waals surface area contributed by atoms with Gasteiger partial charge in [-0.25, -0.2) is 0 Å². The first kappa shape index (κ1) is 24.5. The number of alkyl halides is 3. The van der Waals surface area contributed by atoms with Gasteiger partial charge >= 0.3 is 15.6 Å². The highest BCUT2D eigenvalue weighted by atomic mass is 32.2. The standard InChI is InChI=1S/C19H16O.CHF3O3S.H2S/c1-20-19-13-11-18(12-14-19)17-9-7-16(8-10-17)15-5-3-2-4-6-15;2-1(3,4)8(5,6)7;/h2-14H,1H3;(H,5,6,7);1H2. The zero-order valence-corrected chi connectivity index (χ0v) is 17.0. The lowest BCUT2D eigenvalue weighted by Gasteiger charge is -2.06. The first-order chi connectivity index (χ1) is 13.1. The smallest absolute Gasteiger partial charge is 0.497 e. The number of rotatable bonds is 3. The van der Waals surface area contributed by atoms with Gasteiger partial charge in [0.25, 0.3) is 0 Å². The van der Waals surface area contributed by atoms with E-state index >= 15 is 0 Å². The van der Waals surface area contributed by atoms with Gasteiger partial charge in [0.1, 0.15) is 5.75 Å². The summed E-state index contributed by atoms with van der Waals surface area (Å²) in [5, 5.41) is 0. The molecule has 3 aromatic rings. The predicted octanol–water partition coefficient (Wildman–Crippen LogP) is 5.54. The second-order valence-corrected chi connectivity index (χ2v) is 7.01. The molecule has 0 fully saturated rings. The molecule has 0 aliphatic rings. The highest BCUT2D eigenvalue weighted by molar-refractivity contribution is 7.86. The van der Waals surface area contributed by atoms with Crippen LogP contribution in [-0.4, -0.2) is 25.6 Å². The fourth-order valence-corrected chi connectivity index (χ4v) is 2.27. The van der Waals surface area contributed by atoms with Crippen molar-refractivity contribution in [1.29, 1.82) is 0 Å². The van der Waals surface area contributed by atoms with Crippen molar-refractivity contribution in [3.8, 4) is 28.0 Å². The molecule has 0 aliphatic carbocycles. The van der Waals surface area contributed by atoms with Crippen LogP contribution in [0, 0.1) is 0 Å². The van der Waals surface area contributed by atoms with Crippen LogP contribution in [0.1, 0.15) is 0 Å². The summed E-state index contributed by atoms with van der Waals surface area (Å²) >= 11 is 0. The Morgan fingerprint density at radius 1 is 0.724 bits per heavy atom. The molecule has 0 atom stereocenters. The van der Waals surface area contributed by atoms with Crippen LogP contribution in [0.3, 0.4) is 0 Å². The summed E-state index contributed by atoms with van der Waals surface area (Å²) in [7, 11) is -4.16. The summed E-state index contributed by atoms with van der Waals surface area (Å²) in [4.78, 5) is 0. The van der Waals surface area contributed by atoms with E-state index in [-0.39, 0.29) is 13.5 Å². The zero-order valence-electron chi connectivity index (χ0n) is 15.2. The molecule has 3 aromatic carbocycles. The van der Waals surface area contributed by atoms with Gasteiger partial charge in [0.15, 0.2) is 0 Å². The second kappa shape index (κ2) is 10.3. The topological polar surface area (TPSA) is 63.6 Å². The molecular weight excluding hydrogens is 425 g/mol. The summed E-state index contributed by atoms with van der Waals surface area (Å²) in [5.41, 5.74) is -0.637. The number of halogens is 3. The van der Waals surface area contributed by atoms with Gasteiger partial charge in [0, 0.05) is 0 Å². The molecule has 4 nitrogen and oxygen atoms in total. The Morgan fingerprint density at radius 3 is 1.34 bits per heavy atom. The van der Waals surface area contributed by atoms with Crippen molar-refractivity contribution < 1.29 is 30.9 Å². The van der Waals surface area contributed by atoms with E-state index in [4.69, 9.17) is 17.7 Å². The first-order valence-electron chi connectivity index (χ1n) is 7.95. The van der Waals surface area contributed by atoms with Crippen LogP contribution in [0.25, 0.3) is 22.3 Å². The Labute approximate surface area is 174 Å². The van der Waals surface area contributed by atoms with Crippen molar-refractivity contribution in [2.75, 3.05) is 7.11 Å². The van der Waals surface area contributed by atoms with E-state index in [0.717, 1.165) is 5.75 Å². The van der Waals surface area contributed by atoms with Crippen molar-refractivity contribution >= 4 is 23.6 Å². The molecule has 9 heteroatoms. The maximum absolute atomic E-state index is 10.7. The van der Waals surface area contributed by atoms with Gasteiger partial charge in [-0.1, -0.05) is 66.7 Å². The fourth-order valence-electron chi connectivity index (χ4n) is 2.27. The van der Waals surface area contributed by atoms with Crippen LogP contribution < -0.4 is 4.74 Å². The molecule has 3 rings (SSSR count). The number of hydrogen-bond donors (Lipinski definition) is 1. The lowest BCUT2D eigenvalue weighted by Crippen LogP contribution is -2.21. The molecule has 0 spiro atoms. The Balaban J connectivity index is 0.000000403. The van der Waals surface area contributed by atoms with Gasteiger partial charge < -0.3 is 4.74 Å². The van der Waals surface area contributed by atoms with Crippen LogP contribution >= 0.6 is 13.5 Å². The van der Waals surface area contributed by atoms with Crippen molar-refractivity contribution in [2.45, 2.75) is 5.51 Å². The molecular formula is C20H19F3O4S2. The minimum absolute atomic E-state index is 0. The summed E-state index contributed by atoms with van der Waals surface area (Å²) in [6.07, 6.45) is 0. The van der Waals surface area contributed by atoms with E-state index in [9.17, 15) is 13.2 Å². The maximum atomic E-state index is 10.7. The summed E-state index contributed by atoms with van der Waals surface area (Å²) in [6.45, 7) is 0. The summed E-state index contributed by atoms with van der Waals surface area (Å²) in [6, 6.07) is 27.2. The van der Waals surface area contributed by atoms with E-state index in [0.29, 0.717) is 0 Å². The minimum Gasteiger partial charge on any atom is -0.497 e. The first-order valence-corrected chi connectivity index (χ1v) is 9.39. The van der Waals surface area contributed by atoms with Gasteiger partial charge in [-0.2, -0.15) is 35.1 Å². The number of benzene rings is 3. The Hall–Kier alpha value is -2.49. The molecule has 1 N–H and O–H groups in total. The van der Waals surface area contributed by atoms with E-state index in [1.165, 1.54) is 22.3 Å². The second-order valence-electron chi connectivity index (χ2n) is 5.59. The molecule has 0 aliphatic heterocycles. The van der Waals surface area contributed by atoms with E-state index in [1.54, 1.807) is 7.11 Å². The molecule has 0 bridgehead atoms. The Kier molecular flexibility index (Phi) is 8.75. The van der Waals surface area contributed by atoms with E-state index < -0.39 is 15.6 Å². The SMILES string of the molecule is COc1ccc(-c2ccc(-c3ccccc3)cc2)cc1.O=S(=O)(O)C(F)(F)F.S. The lowest BCUT2D eigenvalue weighted by molar-refractivity contribution is -0.0510. The normalized spacial score (nSPS) is 10.9. The Bertz CT molecular complexity index is 987. The summed E-state index contributed by atoms with van der Waals surface area (Å²) < 4.78 is 62.7. The fraction of sp³-hybridized carbons (Fsp3) is 0.100. The quantitative estimate of drug-likeness (QED) is 0.426. The molecule has 0 saturated carbocycles. The lowest BCUT2D eigenvalue weighted by atomic mass is 10.0. The third-order valence-electron chi connectivity index (χ3n) is 3.71. The van der Waals surface area contributed by atoms with Gasteiger partial charge in [0.05, 0.1) is 7.11 Å². The van der Waals surface area contributed by atoms with Gasteiger partial charge in [-0.05, 0) is 34.4 Å². The molecule has 0 unspecified atom stereocenters. The van der Waals surface area contributed by atoms with Gasteiger partial charge in [-0.3, -0.25) is 4.55 Å². The zero-order chi connectivity index (χ0) is 20.8. The van der Waals surface area contributed by atoms with Gasteiger partial charge in [0.2, 0.25) is 0 Å². The van der Waals surface area contributed by atoms with E-state index in [1.807, 2.05) is 18.2 Å². The van der Waals surface area contributed by atoms with Crippen LogP contribution in [0.4, 0.5) is 13.2 Å². The van der Waals surface area contributed by atoms with Crippen molar-refractivity contribution in [2.24, 2.45) is 0 Å². The van der Waals surface area contributed by atoms with Gasteiger partial charge in [-0.15, -0.1) is 0 Å². The van der Waals surface area contributed by atoms with Crippen LogP contribution in [-0.2, 0) is 10.1 Å². The minimum atomic E-state index is -5.84. The average molecular weight is 444 g/mol. The molecule has 29 heavy (non-hydrogen) atoms. The molecule has 0 aromatic heterocycles. The largest absolute Gasteiger partial charge is 0.522 e. The predicted molar refractivity (Wildman–Crippen MR) is 112 cm³/mol. The third kappa shape index (κ3) is 7.12. The molecule has 0 saturated heterocycles. The monoisotopic (exact) mass is 444 g/mol. The van der Waals surface area contributed by atoms with Crippen molar-refractivity contribution in [3.63, 3.8) is 0 Å². The summed E-state index contributed by atoms with van der Waals surface area (Å²) in [5.74, 6) is 0.884. The molecule has 0 heterocycles. The molecule has 156 valence electrons. The number of ether oxygens (including phenoxy) is 1.